The molecule has 0 amide bonds. The molecule has 0 saturated heterocycles. The second-order valence-corrected chi connectivity index (χ2v) is 4.18. The second kappa shape index (κ2) is 7.54. The Morgan fingerprint density at radius 3 is 1.39 bits per heavy atom. The lowest BCUT2D eigenvalue weighted by molar-refractivity contribution is 0.925. The molecule has 0 saturated carbocycles. The minimum absolute atomic E-state index is 0.973. The van der Waals surface area contributed by atoms with Gasteiger partial charge in [0, 0.05) is 17.8 Å². The van der Waals surface area contributed by atoms with E-state index < -0.39 is 0 Å². The molecule has 0 aliphatic carbocycles. The highest BCUT2D eigenvalue weighted by Gasteiger charge is 2.13. The number of hydrogen-bond donors (Lipinski definition) is 1. The van der Waals surface area contributed by atoms with E-state index in [2.05, 4.69) is 67.8 Å². The van der Waals surface area contributed by atoms with Crippen molar-refractivity contribution >= 4 is 0 Å². The van der Waals surface area contributed by atoms with Crippen molar-refractivity contribution in [2.45, 2.75) is 34.1 Å². The molecule has 1 aliphatic rings. The lowest BCUT2D eigenvalue weighted by Crippen LogP contribution is -2.18. The topological polar surface area (TPSA) is 12.0 Å². The predicted octanol–water partition coefficient (Wildman–Crippen LogP) is 4.79. The zero-order valence-electron chi connectivity index (χ0n) is 11.8. The van der Waals surface area contributed by atoms with Gasteiger partial charge in [0.05, 0.1) is 0 Å². The van der Waals surface area contributed by atoms with E-state index in [-0.39, 0.29) is 0 Å². The molecule has 0 aromatic carbocycles. The van der Waals surface area contributed by atoms with Gasteiger partial charge < -0.3 is 5.32 Å². The van der Waals surface area contributed by atoms with E-state index in [0.29, 0.717) is 0 Å². The SMILES string of the molecule is C/C=C\C1=C(/C=C\C)NC(/C=C\C)=C(/C=C\C)C1. The maximum Gasteiger partial charge on any atom is 0.0416 e. The fourth-order valence-corrected chi connectivity index (χ4v) is 2.03. The van der Waals surface area contributed by atoms with Gasteiger partial charge >= 0.3 is 0 Å². The van der Waals surface area contributed by atoms with E-state index in [0.717, 1.165) is 6.42 Å². The van der Waals surface area contributed by atoms with Gasteiger partial charge in [0.1, 0.15) is 0 Å². The summed E-state index contributed by atoms with van der Waals surface area (Å²) in [6, 6.07) is 0. The van der Waals surface area contributed by atoms with Gasteiger partial charge in [-0.25, -0.2) is 0 Å². The number of dihydropyridines is 1. The molecule has 0 atom stereocenters. The van der Waals surface area contributed by atoms with Gasteiger partial charge in [-0.05, 0) is 51.0 Å². The highest BCUT2D eigenvalue weighted by Crippen LogP contribution is 2.26. The molecular weight excluding hydrogens is 218 g/mol. The summed E-state index contributed by atoms with van der Waals surface area (Å²) in [5.74, 6) is 0. The van der Waals surface area contributed by atoms with E-state index in [4.69, 9.17) is 0 Å². The molecule has 1 nitrogen and oxygen atoms in total. The van der Waals surface area contributed by atoms with Gasteiger partial charge in [-0.15, -0.1) is 0 Å². The maximum atomic E-state index is 3.51. The lowest BCUT2D eigenvalue weighted by Gasteiger charge is -2.22. The normalized spacial score (nSPS) is 18.0. The fraction of sp³-hybridized carbons (Fsp3) is 0.294. The first kappa shape index (κ1) is 14.3. The van der Waals surface area contributed by atoms with Crippen molar-refractivity contribution in [3.8, 4) is 0 Å². The summed E-state index contributed by atoms with van der Waals surface area (Å²) in [6.45, 7) is 8.20. The molecular formula is C17H23N. The summed E-state index contributed by atoms with van der Waals surface area (Å²) in [7, 11) is 0. The van der Waals surface area contributed by atoms with E-state index >= 15 is 0 Å². The van der Waals surface area contributed by atoms with Gasteiger partial charge in [-0.1, -0.05) is 36.5 Å². The van der Waals surface area contributed by atoms with Crippen LogP contribution in [-0.4, -0.2) is 0 Å². The number of rotatable bonds is 4. The molecule has 96 valence electrons. The molecule has 0 radical (unpaired) electrons. The monoisotopic (exact) mass is 241 g/mol. The lowest BCUT2D eigenvalue weighted by atomic mass is 9.96. The number of nitrogens with one attached hydrogen (secondary N) is 1. The van der Waals surface area contributed by atoms with E-state index in [9.17, 15) is 0 Å². The van der Waals surface area contributed by atoms with Crippen LogP contribution >= 0.6 is 0 Å². The molecule has 1 rings (SSSR count). The van der Waals surface area contributed by atoms with Crippen molar-refractivity contribution in [3.05, 3.63) is 71.1 Å². The molecule has 1 heteroatoms. The van der Waals surface area contributed by atoms with Gasteiger partial charge in [0.15, 0.2) is 0 Å². The Morgan fingerprint density at radius 1 is 0.667 bits per heavy atom. The van der Waals surface area contributed by atoms with Crippen LogP contribution in [0.3, 0.4) is 0 Å². The smallest absolute Gasteiger partial charge is 0.0416 e. The van der Waals surface area contributed by atoms with Crippen molar-refractivity contribution in [1.29, 1.82) is 0 Å². The van der Waals surface area contributed by atoms with E-state index in [1.165, 1.54) is 22.5 Å². The summed E-state index contributed by atoms with van der Waals surface area (Å²) in [4.78, 5) is 0. The third-order valence-corrected chi connectivity index (χ3v) is 2.74. The van der Waals surface area contributed by atoms with Crippen LogP contribution in [0.4, 0.5) is 0 Å². The van der Waals surface area contributed by atoms with Crippen LogP contribution in [0, 0.1) is 0 Å². The molecule has 0 spiro atoms. The summed E-state index contributed by atoms with van der Waals surface area (Å²) in [6.07, 6.45) is 17.9. The Kier molecular flexibility index (Phi) is 5.99. The van der Waals surface area contributed by atoms with Crippen molar-refractivity contribution in [1.82, 2.24) is 5.32 Å². The minimum Gasteiger partial charge on any atom is -0.355 e. The zero-order chi connectivity index (χ0) is 13.4. The summed E-state index contributed by atoms with van der Waals surface area (Å²) in [5, 5.41) is 3.51. The van der Waals surface area contributed by atoms with Crippen LogP contribution in [0.15, 0.2) is 71.1 Å². The Balaban J connectivity index is 3.16. The summed E-state index contributed by atoms with van der Waals surface area (Å²) in [5.41, 5.74) is 5.04. The third kappa shape index (κ3) is 3.63. The third-order valence-electron chi connectivity index (χ3n) is 2.74. The first-order valence-corrected chi connectivity index (χ1v) is 6.50. The number of allylic oxidation sites excluding steroid dienone is 10. The van der Waals surface area contributed by atoms with Crippen molar-refractivity contribution < 1.29 is 0 Å². The van der Waals surface area contributed by atoms with Crippen LogP contribution < -0.4 is 5.32 Å². The Morgan fingerprint density at radius 2 is 1.06 bits per heavy atom. The first-order valence-electron chi connectivity index (χ1n) is 6.50. The van der Waals surface area contributed by atoms with Gasteiger partial charge in [0.2, 0.25) is 0 Å². The molecule has 1 N–H and O–H groups in total. The van der Waals surface area contributed by atoms with Crippen LogP contribution in [0.25, 0.3) is 0 Å². The van der Waals surface area contributed by atoms with Crippen LogP contribution in [0.5, 0.6) is 0 Å². The van der Waals surface area contributed by atoms with Gasteiger partial charge in [-0.2, -0.15) is 0 Å². The Bertz CT molecular complexity index is 370. The molecule has 0 fully saturated rings. The highest BCUT2D eigenvalue weighted by molar-refractivity contribution is 5.48. The molecule has 0 unspecified atom stereocenters. The fourth-order valence-electron chi connectivity index (χ4n) is 2.03. The van der Waals surface area contributed by atoms with Crippen molar-refractivity contribution in [2.75, 3.05) is 0 Å². The summed E-state index contributed by atoms with van der Waals surface area (Å²) < 4.78 is 0. The van der Waals surface area contributed by atoms with Gasteiger partial charge in [0.25, 0.3) is 0 Å². The molecule has 0 aromatic heterocycles. The molecule has 0 aromatic rings. The largest absolute Gasteiger partial charge is 0.355 e. The standard InChI is InChI=1S/C17H23N/c1-5-9-14-13-15(10-6-2)17(12-8-4)18-16(14)11-7-3/h5-12,18H,13H2,1-4H3/b9-5-,10-6-,11-7-,12-8-. The van der Waals surface area contributed by atoms with Gasteiger partial charge in [-0.3, -0.25) is 0 Å². The van der Waals surface area contributed by atoms with Crippen LogP contribution in [0.1, 0.15) is 34.1 Å². The molecule has 18 heavy (non-hydrogen) atoms. The molecule has 1 aliphatic heterocycles. The summed E-state index contributed by atoms with van der Waals surface area (Å²) >= 11 is 0. The number of hydrogen-bond acceptors (Lipinski definition) is 1. The Hall–Kier alpha value is -1.76. The predicted molar refractivity (Wildman–Crippen MR) is 81.1 cm³/mol. The van der Waals surface area contributed by atoms with E-state index in [1.54, 1.807) is 0 Å². The highest BCUT2D eigenvalue weighted by atomic mass is 14.9. The zero-order valence-corrected chi connectivity index (χ0v) is 11.8. The average Bonchev–Trinajstić information content (AvgIpc) is 2.35. The van der Waals surface area contributed by atoms with E-state index in [1.807, 2.05) is 13.8 Å². The van der Waals surface area contributed by atoms with Crippen molar-refractivity contribution in [3.63, 3.8) is 0 Å². The quantitative estimate of drug-likeness (QED) is 0.746. The second-order valence-electron chi connectivity index (χ2n) is 4.18. The van der Waals surface area contributed by atoms with Crippen LogP contribution in [-0.2, 0) is 0 Å². The Labute approximate surface area is 111 Å². The molecule has 1 heterocycles. The van der Waals surface area contributed by atoms with Crippen LogP contribution in [0.2, 0.25) is 0 Å². The van der Waals surface area contributed by atoms with Crippen molar-refractivity contribution in [2.24, 2.45) is 0 Å². The minimum atomic E-state index is 0.973. The molecule has 0 bridgehead atoms. The first-order chi connectivity index (χ1) is 8.76. The maximum absolute atomic E-state index is 3.51. The average molecular weight is 241 g/mol.